The first-order chi connectivity index (χ1) is 9.92. The quantitative estimate of drug-likeness (QED) is 0.617. The van der Waals surface area contributed by atoms with E-state index in [2.05, 4.69) is 46.6 Å². The zero-order valence-corrected chi connectivity index (χ0v) is 11.5. The molecule has 2 aliphatic carbocycles. The maximum atomic E-state index is 4.53. The van der Waals surface area contributed by atoms with Crippen LogP contribution in [0.1, 0.15) is 48.6 Å². The molecule has 2 aliphatic rings. The van der Waals surface area contributed by atoms with Gasteiger partial charge in [0.15, 0.2) is 0 Å². The van der Waals surface area contributed by atoms with Crippen LogP contribution in [0.25, 0.3) is 0 Å². The van der Waals surface area contributed by atoms with Crippen molar-refractivity contribution in [1.29, 1.82) is 0 Å². The van der Waals surface area contributed by atoms with Crippen LogP contribution in [-0.4, -0.2) is 0 Å². The predicted molar refractivity (Wildman–Crippen MR) is 81.0 cm³/mol. The lowest BCUT2D eigenvalue weighted by molar-refractivity contribution is 1.07. The van der Waals surface area contributed by atoms with E-state index < -0.39 is 0 Å². The highest BCUT2D eigenvalue weighted by atomic mass is 15.1. The summed E-state index contributed by atoms with van der Waals surface area (Å²) in [5, 5.41) is 9.07. The number of nitrogens with zero attached hydrogens (tertiary/aromatic N) is 2. The summed E-state index contributed by atoms with van der Waals surface area (Å²) in [5.74, 6) is 1.42. The first-order valence-corrected chi connectivity index (χ1v) is 7.51. The Hall–Kier alpha value is -1.96. The second kappa shape index (κ2) is 4.86. The van der Waals surface area contributed by atoms with Crippen molar-refractivity contribution < 1.29 is 0 Å². The van der Waals surface area contributed by atoms with Crippen molar-refractivity contribution in [3.63, 3.8) is 0 Å². The Bertz CT molecular complexity index is 594. The Balaban J connectivity index is 1.65. The van der Waals surface area contributed by atoms with Crippen LogP contribution < -0.4 is 0 Å². The van der Waals surface area contributed by atoms with Crippen molar-refractivity contribution in [1.82, 2.24) is 0 Å². The summed E-state index contributed by atoms with van der Waals surface area (Å²) in [6, 6.07) is 16.8. The molecule has 0 N–H and O–H groups in total. The standard InChI is InChI=1S/C18H18N2/c1-3-7-17(15(5-1)13-9-10-13)19-20-18-8-4-2-6-16(18)14-11-12-14/h1-8,13-14H,9-12H2. The van der Waals surface area contributed by atoms with Gasteiger partial charge in [0.1, 0.15) is 0 Å². The number of hydrogen-bond donors (Lipinski definition) is 0. The van der Waals surface area contributed by atoms with Gasteiger partial charge in [0.2, 0.25) is 0 Å². The highest BCUT2D eigenvalue weighted by Gasteiger charge is 2.27. The van der Waals surface area contributed by atoms with Crippen molar-refractivity contribution in [2.24, 2.45) is 10.2 Å². The summed E-state index contributed by atoms with van der Waals surface area (Å²) in [4.78, 5) is 0. The molecule has 2 saturated carbocycles. The van der Waals surface area contributed by atoms with Gasteiger partial charge in [-0.1, -0.05) is 36.4 Å². The molecule has 0 aliphatic heterocycles. The summed E-state index contributed by atoms with van der Waals surface area (Å²) in [6.45, 7) is 0. The topological polar surface area (TPSA) is 24.7 Å². The van der Waals surface area contributed by atoms with Gasteiger partial charge >= 0.3 is 0 Å². The van der Waals surface area contributed by atoms with Crippen LogP contribution in [0.3, 0.4) is 0 Å². The molecule has 2 heteroatoms. The maximum absolute atomic E-state index is 4.53. The van der Waals surface area contributed by atoms with Gasteiger partial charge in [-0.3, -0.25) is 0 Å². The van der Waals surface area contributed by atoms with Crippen molar-refractivity contribution >= 4 is 11.4 Å². The molecule has 2 aromatic carbocycles. The fraction of sp³-hybridized carbons (Fsp3) is 0.333. The van der Waals surface area contributed by atoms with Crippen LogP contribution in [0.4, 0.5) is 11.4 Å². The number of hydrogen-bond acceptors (Lipinski definition) is 2. The molecule has 0 bridgehead atoms. The van der Waals surface area contributed by atoms with Gasteiger partial charge in [0, 0.05) is 0 Å². The lowest BCUT2D eigenvalue weighted by Crippen LogP contribution is -1.81. The molecule has 2 fully saturated rings. The minimum atomic E-state index is 0.712. The average molecular weight is 262 g/mol. The van der Waals surface area contributed by atoms with Crippen LogP contribution in [0.5, 0.6) is 0 Å². The molecule has 0 saturated heterocycles. The normalized spacial score (nSPS) is 18.6. The maximum Gasteiger partial charge on any atom is 0.0891 e. The third-order valence-electron chi connectivity index (χ3n) is 4.17. The summed E-state index contributed by atoms with van der Waals surface area (Å²) >= 11 is 0. The molecule has 0 unspecified atom stereocenters. The summed E-state index contributed by atoms with van der Waals surface area (Å²) < 4.78 is 0. The Kier molecular flexibility index (Phi) is 2.87. The minimum absolute atomic E-state index is 0.712. The van der Waals surface area contributed by atoms with Gasteiger partial charge < -0.3 is 0 Å². The highest BCUT2D eigenvalue weighted by Crippen LogP contribution is 2.46. The Labute approximate surface area is 119 Å². The summed E-state index contributed by atoms with van der Waals surface area (Å²) in [7, 11) is 0. The predicted octanol–water partition coefficient (Wildman–Crippen LogP) is 5.86. The number of benzene rings is 2. The smallest absolute Gasteiger partial charge is 0.0891 e. The molecular formula is C18H18N2. The molecule has 0 atom stereocenters. The van der Waals surface area contributed by atoms with E-state index >= 15 is 0 Å². The van der Waals surface area contributed by atoms with Crippen molar-refractivity contribution in [3.05, 3.63) is 59.7 Å². The average Bonchev–Trinajstić information content (AvgIpc) is 3.39. The molecule has 2 nitrogen and oxygen atoms in total. The molecule has 0 heterocycles. The number of rotatable bonds is 4. The van der Waals surface area contributed by atoms with Gasteiger partial charge in [-0.2, -0.15) is 10.2 Å². The Morgan fingerprint density at radius 3 is 1.40 bits per heavy atom. The van der Waals surface area contributed by atoms with Crippen LogP contribution in [-0.2, 0) is 0 Å². The molecule has 20 heavy (non-hydrogen) atoms. The van der Waals surface area contributed by atoms with E-state index in [1.807, 2.05) is 12.1 Å². The van der Waals surface area contributed by atoms with Crippen molar-refractivity contribution in [3.8, 4) is 0 Å². The fourth-order valence-electron chi connectivity index (χ4n) is 2.74. The van der Waals surface area contributed by atoms with Crippen LogP contribution in [0, 0.1) is 0 Å². The van der Waals surface area contributed by atoms with Crippen LogP contribution >= 0.6 is 0 Å². The second-order valence-corrected chi connectivity index (χ2v) is 5.87. The van der Waals surface area contributed by atoms with E-state index in [4.69, 9.17) is 0 Å². The largest absolute Gasteiger partial charge is 0.150 e. The lowest BCUT2D eigenvalue weighted by atomic mass is 10.1. The lowest BCUT2D eigenvalue weighted by Gasteiger charge is -2.04. The summed E-state index contributed by atoms with van der Waals surface area (Å²) in [6.07, 6.45) is 5.19. The molecule has 0 aromatic heterocycles. The van der Waals surface area contributed by atoms with Crippen molar-refractivity contribution in [2.45, 2.75) is 37.5 Å². The van der Waals surface area contributed by atoms with Crippen molar-refractivity contribution in [2.75, 3.05) is 0 Å². The second-order valence-electron chi connectivity index (χ2n) is 5.87. The monoisotopic (exact) mass is 262 g/mol. The number of azo groups is 1. The Morgan fingerprint density at radius 1 is 0.600 bits per heavy atom. The van der Waals surface area contributed by atoms with Gasteiger partial charge in [0.05, 0.1) is 11.4 Å². The highest BCUT2D eigenvalue weighted by molar-refractivity contribution is 5.52. The first-order valence-electron chi connectivity index (χ1n) is 7.51. The molecule has 0 amide bonds. The fourth-order valence-corrected chi connectivity index (χ4v) is 2.74. The zero-order valence-electron chi connectivity index (χ0n) is 11.5. The molecule has 0 radical (unpaired) electrons. The van der Waals surface area contributed by atoms with Gasteiger partial charge in [-0.25, -0.2) is 0 Å². The zero-order chi connectivity index (χ0) is 13.4. The van der Waals surface area contributed by atoms with Gasteiger partial charge in [0.25, 0.3) is 0 Å². The molecule has 2 aromatic rings. The molecule has 100 valence electrons. The molecule has 0 spiro atoms. The van der Waals surface area contributed by atoms with Gasteiger partial charge in [-0.15, -0.1) is 0 Å². The Morgan fingerprint density at radius 2 is 1.00 bits per heavy atom. The molecule has 4 rings (SSSR count). The van der Waals surface area contributed by atoms with E-state index in [0.29, 0.717) is 11.8 Å². The van der Waals surface area contributed by atoms with Crippen LogP contribution in [0.15, 0.2) is 58.8 Å². The third kappa shape index (κ3) is 2.38. The third-order valence-corrected chi connectivity index (χ3v) is 4.17. The summed E-state index contributed by atoms with van der Waals surface area (Å²) in [5.41, 5.74) is 4.81. The first kappa shape index (κ1) is 11.8. The van der Waals surface area contributed by atoms with E-state index in [9.17, 15) is 0 Å². The molecular weight excluding hydrogens is 244 g/mol. The SMILES string of the molecule is c1ccc(C2CC2)c(N=Nc2ccccc2C2CC2)c1. The van der Waals surface area contributed by atoms with E-state index in [0.717, 1.165) is 11.4 Å². The van der Waals surface area contributed by atoms with Gasteiger partial charge in [-0.05, 0) is 60.8 Å². The van der Waals surface area contributed by atoms with Crippen LogP contribution in [0.2, 0.25) is 0 Å². The van der Waals surface area contributed by atoms with E-state index in [-0.39, 0.29) is 0 Å². The minimum Gasteiger partial charge on any atom is -0.150 e. The van der Waals surface area contributed by atoms with E-state index in [1.165, 1.54) is 36.8 Å². The van der Waals surface area contributed by atoms with E-state index in [1.54, 1.807) is 0 Å².